The molecule has 0 aliphatic heterocycles. The van der Waals surface area contributed by atoms with Crippen molar-refractivity contribution in [2.75, 3.05) is 11.8 Å². The monoisotopic (exact) mass is 507 g/mol. The second kappa shape index (κ2) is 10.6. The maximum absolute atomic E-state index is 13.3. The number of hydrogen-bond donors (Lipinski definition) is 2. The third-order valence-electron chi connectivity index (χ3n) is 5.50. The van der Waals surface area contributed by atoms with Crippen molar-refractivity contribution in [2.45, 2.75) is 31.1 Å². The highest BCUT2D eigenvalue weighted by atomic mass is 32.2. The van der Waals surface area contributed by atoms with Crippen molar-refractivity contribution in [3.05, 3.63) is 72.6 Å². The van der Waals surface area contributed by atoms with Gasteiger partial charge >= 0.3 is 0 Å². The molecule has 2 aromatic carbocycles. The van der Waals surface area contributed by atoms with Crippen LogP contribution >= 0.6 is 0 Å². The lowest BCUT2D eigenvalue weighted by molar-refractivity contribution is 0.361. The number of nitrogens with zero attached hydrogens (tertiary/aromatic N) is 4. The van der Waals surface area contributed by atoms with Crippen molar-refractivity contribution in [2.24, 2.45) is 0 Å². The van der Waals surface area contributed by atoms with E-state index in [2.05, 4.69) is 38.5 Å². The molecule has 2 aromatic heterocycles. The number of aromatic hydroxyl groups is 1. The van der Waals surface area contributed by atoms with Gasteiger partial charge in [-0.1, -0.05) is 38.1 Å². The molecular formula is C25H25N5O5S. The minimum atomic E-state index is -4.11. The van der Waals surface area contributed by atoms with E-state index in [9.17, 15) is 13.5 Å². The van der Waals surface area contributed by atoms with E-state index in [4.69, 9.17) is 9.47 Å². The van der Waals surface area contributed by atoms with Crippen LogP contribution in [0.2, 0.25) is 0 Å². The Morgan fingerprint density at radius 1 is 0.944 bits per heavy atom. The zero-order valence-electron chi connectivity index (χ0n) is 19.9. The van der Waals surface area contributed by atoms with Crippen LogP contribution in [0, 0.1) is 0 Å². The molecule has 0 amide bonds. The van der Waals surface area contributed by atoms with Gasteiger partial charge in [-0.05, 0) is 48.2 Å². The molecule has 36 heavy (non-hydrogen) atoms. The Bertz CT molecular complexity index is 1450. The average Bonchev–Trinajstić information content (AvgIpc) is 2.90. The molecule has 0 radical (unpaired) electrons. The van der Waals surface area contributed by atoms with Gasteiger partial charge in [0.15, 0.2) is 23.1 Å². The van der Waals surface area contributed by atoms with Crippen molar-refractivity contribution in [1.82, 2.24) is 19.9 Å². The Balaban J connectivity index is 1.78. The molecule has 0 spiro atoms. The lowest BCUT2D eigenvalue weighted by atomic mass is 9.99. The molecule has 0 saturated heterocycles. The first-order chi connectivity index (χ1) is 17.3. The van der Waals surface area contributed by atoms with Crippen LogP contribution < -0.4 is 14.2 Å². The Hall–Kier alpha value is -4.25. The summed E-state index contributed by atoms with van der Waals surface area (Å²) in [5.74, 6) is -0.324. The molecule has 11 heteroatoms. The van der Waals surface area contributed by atoms with E-state index in [1.54, 1.807) is 42.5 Å². The smallest absolute Gasteiger partial charge is 0.263 e. The minimum Gasteiger partial charge on any atom is -0.493 e. The molecule has 4 rings (SSSR count). The fourth-order valence-electron chi connectivity index (χ4n) is 3.33. The molecule has 186 valence electrons. The molecule has 0 aliphatic rings. The molecule has 1 atom stereocenters. The van der Waals surface area contributed by atoms with E-state index < -0.39 is 15.9 Å². The molecule has 2 heterocycles. The zero-order valence-corrected chi connectivity index (χ0v) is 20.7. The van der Waals surface area contributed by atoms with Crippen LogP contribution in [0.1, 0.15) is 31.7 Å². The van der Waals surface area contributed by atoms with Gasteiger partial charge in [-0.15, -0.1) is 0 Å². The number of para-hydroxylation sites is 2. The summed E-state index contributed by atoms with van der Waals surface area (Å²) in [5.41, 5.74) is 1.03. The Labute approximate surface area is 209 Å². The summed E-state index contributed by atoms with van der Waals surface area (Å²) in [7, 11) is -2.65. The van der Waals surface area contributed by atoms with Gasteiger partial charge < -0.3 is 14.6 Å². The van der Waals surface area contributed by atoms with E-state index in [0.717, 1.165) is 12.0 Å². The molecule has 10 nitrogen and oxygen atoms in total. The average molecular weight is 508 g/mol. The molecule has 0 bridgehead atoms. The van der Waals surface area contributed by atoms with Gasteiger partial charge in [-0.2, -0.15) is 4.98 Å². The quantitative estimate of drug-likeness (QED) is 0.329. The molecule has 4 aromatic rings. The molecule has 0 aliphatic carbocycles. The number of nitrogens with one attached hydrogen (secondary N) is 1. The molecule has 0 fully saturated rings. The Morgan fingerprint density at radius 3 is 2.25 bits per heavy atom. The summed E-state index contributed by atoms with van der Waals surface area (Å²) < 4.78 is 40.1. The third kappa shape index (κ3) is 5.36. The number of sulfonamides is 1. The van der Waals surface area contributed by atoms with E-state index in [0.29, 0.717) is 11.7 Å². The SMILES string of the molecule is CCC(C)c1ccc(S(=O)(=O)Nc2nc(-c3ncccn3)nc(O)c2Oc2ccccc2OC)cc1. The topological polar surface area (TPSA) is 136 Å². The molecule has 2 N–H and O–H groups in total. The minimum absolute atomic E-state index is 0.0217. The van der Waals surface area contributed by atoms with Crippen molar-refractivity contribution in [3.8, 4) is 34.8 Å². The van der Waals surface area contributed by atoms with Gasteiger partial charge in [-0.25, -0.2) is 23.4 Å². The number of rotatable bonds is 9. The maximum atomic E-state index is 13.3. The van der Waals surface area contributed by atoms with Crippen LogP contribution in [0.25, 0.3) is 11.6 Å². The number of methoxy groups -OCH3 is 1. The van der Waals surface area contributed by atoms with Crippen LogP contribution in [-0.4, -0.2) is 40.6 Å². The summed E-state index contributed by atoms with van der Waals surface area (Å²) in [4.78, 5) is 16.5. The lowest BCUT2D eigenvalue weighted by Gasteiger charge is -2.16. The maximum Gasteiger partial charge on any atom is 0.263 e. The van der Waals surface area contributed by atoms with Gasteiger partial charge in [0.2, 0.25) is 11.6 Å². The van der Waals surface area contributed by atoms with Crippen molar-refractivity contribution in [1.29, 1.82) is 0 Å². The van der Waals surface area contributed by atoms with Crippen LogP contribution in [0.5, 0.6) is 23.1 Å². The highest BCUT2D eigenvalue weighted by Gasteiger charge is 2.25. The predicted octanol–water partition coefficient (Wildman–Crippen LogP) is 4.75. The fraction of sp³-hybridized carbons (Fsp3) is 0.200. The second-order valence-corrected chi connectivity index (χ2v) is 9.54. The third-order valence-corrected chi connectivity index (χ3v) is 6.85. The molecule has 0 saturated carbocycles. The highest BCUT2D eigenvalue weighted by Crippen LogP contribution is 2.40. The number of aromatic nitrogens is 4. The Kier molecular flexibility index (Phi) is 7.30. The predicted molar refractivity (Wildman–Crippen MR) is 134 cm³/mol. The van der Waals surface area contributed by atoms with E-state index >= 15 is 0 Å². The van der Waals surface area contributed by atoms with E-state index in [1.807, 2.05) is 0 Å². The van der Waals surface area contributed by atoms with Gasteiger partial charge in [0.1, 0.15) is 0 Å². The van der Waals surface area contributed by atoms with Crippen molar-refractivity contribution < 1.29 is 23.0 Å². The molecular weight excluding hydrogens is 482 g/mol. The number of hydrogen-bond acceptors (Lipinski definition) is 9. The van der Waals surface area contributed by atoms with Gasteiger partial charge in [0, 0.05) is 12.4 Å². The van der Waals surface area contributed by atoms with E-state index in [-0.39, 0.29) is 33.9 Å². The highest BCUT2D eigenvalue weighted by molar-refractivity contribution is 7.92. The first-order valence-corrected chi connectivity index (χ1v) is 12.6. The number of anilines is 1. The summed E-state index contributed by atoms with van der Waals surface area (Å²) in [6.07, 6.45) is 3.88. The summed E-state index contributed by atoms with van der Waals surface area (Å²) in [5, 5.41) is 10.7. The fourth-order valence-corrected chi connectivity index (χ4v) is 4.33. The zero-order chi connectivity index (χ0) is 25.7. The van der Waals surface area contributed by atoms with Crippen molar-refractivity contribution >= 4 is 15.8 Å². The van der Waals surface area contributed by atoms with Crippen LogP contribution in [0.15, 0.2) is 71.9 Å². The first kappa shape index (κ1) is 24.9. The number of benzene rings is 2. The standard InChI is InChI=1S/C25H25N5O5S/c1-4-16(2)17-10-12-18(13-11-17)36(32,33)30-22-21(35-20-9-6-5-8-19(20)34-3)25(31)29-24(28-22)23-26-14-7-15-27-23/h5-16H,4H2,1-3H3,(H2,28,29,30,31). The first-order valence-electron chi connectivity index (χ1n) is 11.1. The van der Waals surface area contributed by atoms with Gasteiger partial charge in [0.05, 0.1) is 12.0 Å². The number of ether oxygens (including phenoxy) is 2. The van der Waals surface area contributed by atoms with Gasteiger partial charge in [-0.3, -0.25) is 4.72 Å². The second-order valence-electron chi connectivity index (χ2n) is 7.86. The lowest BCUT2D eigenvalue weighted by Crippen LogP contribution is -2.15. The van der Waals surface area contributed by atoms with Crippen LogP contribution in [0.4, 0.5) is 5.82 Å². The summed E-state index contributed by atoms with van der Waals surface area (Å²) >= 11 is 0. The summed E-state index contributed by atoms with van der Waals surface area (Å²) in [6, 6.07) is 14.9. The Morgan fingerprint density at radius 2 is 1.61 bits per heavy atom. The normalized spacial score (nSPS) is 12.1. The van der Waals surface area contributed by atoms with E-state index in [1.165, 1.54) is 31.6 Å². The van der Waals surface area contributed by atoms with Crippen molar-refractivity contribution in [3.63, 3.8) is 0 Å². The largest absolute Gasteiger partial charge is 0.493 e. The summed E-state index contributed by atoms with van der Waals surface area (Å²) in [6.45, 7) is 4.13. The van der Waals surface area contributed by atoms with Gasteiger partial charge in [0.25, 0.3) is 15.9 Å². The van der Waals surface area contributed by atoms with Crippen LogP contribution in [0.3, 0.4) is 0 Å². The molecule has 1 unspecified atom stereocenters. The van der Waals surface area contributed by atoms with Crippen LogP contribution in [-0.2, 0) is 10.0 Å².